The minimum atomic E-state index is -4.14. The van der Waals surface area contributed by atoms with Gasteiger partial charge in [0, 0.05) is 19.5 Å². The molecule has 0 saturated carbocycles. The first kappa shape index (κ1) is 32.5. The number of aryl methyl sites for hydroxylation is 3. The molecule has 0 aromatic heterocycles. The van der Waals surface area contributed by atoms with Gasteiger partial charge in [-0.15, -0.1) is 0 Å². The molecule has 0 heterocycles. The largest absolute Gasteiger partial charge is 0.354 e. The van der Waals surface area contributed by atoms with Crippen LogP contribution >= 0.6 is 0 Å². The molecule has 0 fully saturated rings. The number of carbonyl (C=O) groups excluding carboxylic acids is 2. The molecule has 4 aromatic rings. The zero-order valence-electron chi connectivity index (χ0n) is 25.9. The number of anilines is 1. The standard InChI is InChI=1S/C36H41N3O4S/c1-5-23-37-36(41)34(24-30-15-7-6-8-16-30)38(25-31-17-11-9-13-28(31)3)35(40)26-39(33-18-12-10-14-29(33)4)44(42,43)32-21-19-27(2)20-22-32/h6-22,34H,5,23-26H2,1-4H3,(H,37,41)/t34-/m1/s1. The van der Waals surface area contributed by atoms with Crippen molar-refractivity contribution in [2.75, 3.05) is 17.4 Å². The molecule has 0 unspecified atom stereocenters. The first-order valence-corrected chi connectivity index (χ1v) is 16.4. The quantitative estimate of drug-likeness (QED) is 0.202. The van der Waals surface area contributed by atoms with Crippen LogP contribution in [0, 0.1) is 20.8 Å². The van der Waals surface area contributed by atoms with E-state index in [4.69, 9.17) is 0 Å². The van der Waals surface area contributed by atoms with E-state index in [0.717, 1.165) is 28.7 Å². The highest BCUT2D eigenvalue weighted by Gasteiger charge is 2.35. The molecule has 0 aliphatic heterocycles. The minimum Gasteiger partial charge on any atom is -0.354 e. The highest BCUT2D eigenvalue weighted by molar-refractivity contribution is 7.92. The summed E-state index contributed by atoms with van der Waals surface area (Å²) in [6.07, 6.45) is 1.02. The van der Waals surface area contributed by atoms with E-state index in [9.17, 15) is 18.0 Å². The van der Waals surface area contributed by atoms with Gasteiger partial charge in [0.15, 0.2) is 0 Å². The van der Waals surface area contributed by atoms with Crippen molar-refractivity contribution in [3.8, 4) is 0 Å². The number of nitrogens with one attached hydrogen (secondary N) is 1. The summed E-state index contributed by atoms with van der Waals surface area (Å²) in [7, 11) is -4.14. The van der Waals surface area contributed by atoms with E-state index in [1.54, 1.807) is 36.4 Å². The van der Waals surface area contributed by atoms with Crippen LogP contribution in [0.3, 0.4) is 0 Å². The van der Waals surface area contributed by atoms with Gasteiger partial charge in [0.25, 0.3) is 10.0 Å². The Morgan fingerprint density at radius 2 is 1.39 bits per heavy atom. The molecule has 0 aliphatic carbocycles. The summed E-state index contributed by atoms with van der Waals surface area (Å²) < 4.78 is 29.5. The number of sulfonamides is 1. The van der Waals surface area contributed by atoms with Crippen molar-refractivity contribution in [3.63, 3.8) is 0 Å². The van der Waals surface area contributed by atoms with Crippen LogP contribution < -0.4 is 9.62 Å². The topological polar surface area (TPSA) is 86.8 Å². The molecule has 8 heteroatoms. The Balaban J connectivity index is 1.81. The second-order valence-corrected chi connectivity index (χ2v) is 12.9. The molecule has 7 nitrogen and oxygen atoms in total. The number of hydrogen-bond acceptors (Lipinski definition) is 4. The normalized spacial score (nSPS) is 11.9. The lowest BCUT2D eigenvalue weighted by molar-refractivity contribution is -0.140. The van der Waals surface area contributed by atoms with Crippen molar-refractivity contribution in [2.45, 2.75) is 58.0 Å². The number of amides is 2. The van der Waals surface area contributed by atoms with Crippen molar-refractivity contribution in [2.24, 2.45) is 0 Å². The molecule has 0 spiro atoms. The first-order valence-electron chi connectivity index (χ1n) is 14.9. The molecule has 0 saturated heterocycles. The molecule has 44 heavy (non-hydrogen) atoms. The molecular formula is C36H41N3O4S. The van der Waals surface area contributed by atoms with Gasteiger partial charge in [-0.05, 0) is 67.6 Å². The van der Waals surface area contributed by atoms with Gasteiger partial charge in [0.05, 0.1) is 10.6 Å². The lowest BCUT2D eigenvalue weighted by atomic mass is 10.0. The van der Waals surface area contributed by atoms with Gasteiger partial charge < -0.3 is 10.2 Å². The average molecular weight is 612 g/mol. The average Bonchev–Trinajstić information content (AvgIpc) is 3.02. The van der Waals surface area contributed by atoms with Crippen LogP contribution in [0.1, 0.15) is 41.2 Å². The van der Waals surface area contributed by atoms with Crippen LogP contribution in [0.15, 0.2) is 108 Å². The third kappa shape index (κ3) is 7.94. The van der Waals surface area contributed by atoms with E-state index < -0.39 is 28.5 Å². The summed E-state index contributed by atoms with van der Waals surface area (Å²) in [4.78, 5) is 29.9. The second-order valence-electron chi connectivity index (χ2n) is 11.1. The highest BCUT2D eigenvalue weighted by Crippen LogP contribution is 2.28. The lowest BCUT2D eigenvalue weighted by Crippen LogP contribution is -2.53. The van der Waals surface area contributed by atoms with E-state index in [1.807, 2.05) is 94.4 Å². The summed E-state index contributed by atoms with van der Waals surface area (Å²) in [6.45, 7) is 7.78. The van der Waals surface area contributed by atoms with Crippen LogP contribution in [0.5, 0.6) is 0 Å². The minimum absolute atomic E-state index is 0.0890. The SMILES string of the molecule is CCCNC(=O)[C@@H](Cc1ccccc1)N(Cc1ccccc1C)C(=O)CN(c1ccccc1C)S(=O)(=O)c1ccc(C)cc1. The molecule has 0 aliphatic rings. The van der Waals surface area contributed by atoms with Crippen molar-refractivity contribution < 1.29 is 18.0 Å². The fourth-order valence-corrected chi connectivity index (χ4v) is 6.56. The van der Waals surface area contributed by atoms with Gasteiger partial charge in [-0.25, -0.2) is 8.42 Å². The highest BCUT2D eigenvalue weighted by atomic mass is 32.2. The zero-order chi connectivity index (χ0) is 31.7. The Hall–Kier alpha value is -4.43. The molecule has 0 bridgehead atoms. The third-order valence-corrected chi connectivity index (χ3v) is 9.47. The maximum Gasteiger partial charge on any atom is 0.264 e. The Kier molecular flexibility index (Phi) is 11.0. The molecule has 1 N–H and O–H groups in total. The van der Waals surface area contributed by atoms with E-state index in [0.29, 0.717) is 17.8 Å². The maximum absolute atomic E-state index is 14.5. The van der Waals surface area contributed by atoms with Gasteiger partial charge >= 0.3 is 0 Å². The molecule has 1 atom stereocenters. The molecule has 2 amide bonds. The molecule has 230 valence electrons. The van der Waals surface area contributed by atoms with Crippen molar-refractivity contribution >= 4 is 27.5 Å². The number of benzene rings is 4. The lowest BCUT2D eigenvalue weighted by Gasteiger charge is -2.34. The number of carbonyl (C=O) groups is 2. The van der Waals surface area contributed by atoms with Crippen molar-refractivity contribution in [1.29, 1.82) is 0 Å². The molecule has 0 radical (unpaired) electrons. The second kappa shape index (κ2) is 14.8. The molecular weight excluding hydrogens is 570 g/mol. The van der Waals surface area contributed by atoms with Gasteiger partial charge in [-0.3, -0.25) is 13.9 Å². The predicted octanol–water partition coefficient (Wildman–Crippen LogP) is 5.97. The number of rotatable bonds is 13. The van der Waals surface area contributed by atoms with Crippen molar-refractivity contribution in [3.05, 3.63) is 131 Å². The monoisotopic (exact) mass is 611 g/mol. The van der Waals surface area contributed by atoms with Gasteiger partial charge in [-0.2, -0.15) is 0 Å². The van der Waals surface area contributed by atoms with Crippen LogP contribution in [0.2, 0.25) is 0 Å². The van der Waals surface area contributed by atoms with E-state index >= 15 is 0 Å². The Morgan fingerprint density at radius 3 is 2.02 bits per heavy atom. The summed E-state index contributed by atoms with van der Waals surface area (Å²) >= 11 is 0. The summed E-state index contributed by atoms with van der Waals surface area (Å²) in [6, 6.07) is 30.1. The summed E-state index contributed by atoms with van der Waals surface area (Å²) in [5.41, 5.74) is 4.80. The Bertz CT molecular complexity index is 1670. The van der Waals surface area contributed by atoms with Gasteiger partial charge in [0.2, 0.25) is 11.8 Å². The zero-order valence-corrected chi connectivity index (χ0v) is 26.7. The number of nitrogens with zero attached hydrogens (tertiary/aromatic N) is 2. The predicted molar refractivity (Wildman–Crippen MR) is 176 cm³/mol. The van der Waals surface area contributed by atoms with E-state index in [-0.39, 0.29) is 23.8 Å². The van der Waals surface area contributed by atoms with E-state index in [2.05, 4.69) is 5.32 Å². The fraction of sp³-hybridized carbons (Fsp3) is 0.278. The summed E-state index contributed by atoms with van der Waals surface area (Å²) in [5.74, 6) is -0.749. The third-order valence-electron chi connectivity index (χ3n) is 7.69. The van der Waals surface area contributed by atoms with Crippen molar-refractivity contribution in [1.82, 2.24) is 10.2 Å². The van der Waals surface area contributed by atoms with Crippen LogP contribution in [-0.4, -0.2) is 44.3 Å². The van der Waals surface area contributed by atoms with Crippen LogP contribution in [-0.2, 0) is 32.6 Å². The first-order chi connectivity index (χ1) is 21.1. The molecule has 4 rings (SSSR count). The molecule has 4 aromatic carbocycles. The summed E-state index contributed by atoms with van der Waals surface area (Å²) in [5, 5.41) is 2.98. The van der Waals surface area contributed by atoms with E-state index in [1.165, 1.54) is 9.21 Å². The number of hydrogen-bond donors (Lipinski definition) is 1. The fourth-order valence-electron chi connectivity index (χ4n) is 5.09. The smallest absolute Gasteiger partial charge is 0.264 e. The Labute approximate surface area is 261 Å². The Morgan fingerprint density at radius 1 is 0.773 bits per heavy atom. The van der Waals surface area contributed by atoms with Gasteiger partial charge in [-0.1, -0.05) is 97.4 Å². The van der Waals surface area contributed by atoms with Crippen LogP contribution in [0.4, 0.5) is 5.69 Å². The number of para-hydroxylation sites is 1. The van der Waals surface area contributed by atoms with Crippen LogP contribution in [0.25, 0.3) is 0 Å². The van der Waals surface area contributed by atoms with Gasteiger partial charge in [0.1, 0.15) is 12.6 Å². The maximum atomic E-state index is 14.5.